The lowest BCUT2D eigenvalue weighted by Gasteiger charge is -2.16. The quantitative estimate of drug-likeness (QED) is 0.803. The van der Waals surface area contributed by atoms with E-state index in [9.17, 15) is 5.11 Å². The second-order valence-electron chi connectivity index (χ2n) is 4.00. The molecular formula is C11H15BrN2O. The van der Waals surface area contributed by atoms with Crippen LogP contribution < -0.4 is 5.73 Å². The van der Waals surface area contributed by atoms with Crippen LogP contribution in [-0.2, 0) is 6.54 Å². The highest BCUT2D eigenvalue weighted by molar-refractivity contribution is 9.10. The van der Waals surface area contributed by atoms with Crippen LogP contribution in [0.2, 0.25) is 0 Å². The zero-order valence-corrected chi connectivity index (χ0v) is 10.1. The monoisotopic (exact) mass is 270 g/mol. The van der Waals surface area contributed by atoms with Gasteiger partial charge in [0, 0.05) is 29.8 Å². The lowest BCUT2D eigenvalue weighted by atomic mass is 10.2. The van der Waals surface area contributed by atoms with Crippen molar-refractivity contribution in [2.45, 2.75) is 19.1 Å². The molecule has 15 heavy (non-hydrogen) atoms. The van der Waals surface area contributed by atoms with Gasteiger partial charge in [-0.15, -0.1) is 0 Å². The van der Waals surface area contributed by atoms with Crippen LogP contribution in [0.15, 0.2) is 22.7 Å². The molecule has 1 heterocycles. The van der Waals surface area contributed by atoms with Gasteiger partial charge in [-0.2, -0.15) is 0 Å². The van der Waals surface area contributed by atoms with Gasteiger partial charge in [0.15, 0.2) is 0 Å². The molecule has 1 saturated heterocycles. The number of nitrogen functional groups attached to an aromatic ring is 1. The normalized spacial score (nSPS) is 22.1. The summed E-state index contributed by atoms with van der Waals surface area (Å²) in [5.74, 6) is 0. The minimum Gasteiger partial charge on any atom is -0.398 e. The highest BCUT2D eigenvalue weighted by atomic mass is 79.9. The third-order valence-corrected chi connectivity index (χ3v) is 3.72. The summed E-state index contributed by atoms with van der Waals surface area (Å²) in [6.07, 6.45) is 0.713. The average Bonchev–Trinajstić information content (AvgIpc) is 2.59. The average molecular weight is 271 g/mol. The number of aliphatic hydroxyl groups excluding tert-OH is 1. The second-order valence-corrected chi connectivity index (χ2v) is 4.79. The third-order valence-electron chi connectivity index (χ3n) is 2.75. The van der Waals surface area contributed by atoms with Gasteiger partial charge in [-0.3, -0.25) is 4.90 Å². The van der Waals surface area contributed by atoms with Crippen LogP contribution in [0.25, 0.3) is 0 Å². The van der Waals surface area contributed by atoms with Crippen molar-refractivity contribution in [2.24, 2.45) is 0 Å². The third kappa shape index (κ3) is 2.51. The van der Waals surface area contributed by atoms with Gasteiger partial charge in [-0.25, -0.2) is 0 Å². The molecule has 1 aliphatic rings. The molecule has 3 N–H and O–H groups in total. The van der Waals surface area contributed by atoms with Crippen molar-refractivity contribution >= 4 is 21.6 Å². The number of nitrogens with zero attached hydrogens (tertiary/aromatic N) is 1. The molecule has 1 atom stereocenters. The van der Waals surface area contributed by atoms with E-state index >= 15 is 0 Å². The summed E-state index contributed by atoms with van der Waals surface area (Å²) in [5.41, 5.74) is 7.76. The summed E-state index contributed by atoms with van der Waals surface area (Å²) in [7, 11) is 0. The van der Waals surface area contributed by atoms with Gasteiger partial charge in [0.1, 0.15) is 0 Å². The van der Waals surface area contributed by atoms with Gasteiger partial charge in [-0.1, -0.05) is 12.1 Å². The predicted molar refractivity (Wildman–Crippen MR) is 64.5 cm³/mol. The van der Waals surface area contributed by atoms with E-state index in [-0.39, 0.29) is 6.10 Å². The van der Waals surface area contributed by atoms with Crippen molar-refractivity contribution < 1.29 is 5.11 Å². The number of rotatable bonds is 2. The summed E-state index contributed by atoms with van der Waals surface area (Å²) in [6, 6.07) is 5.90. The predicted octanol–water partition coefficient (Wildman–Crippen LogP) is 1.60. The molecule has 1 aliphatic heterocycles. The van der Waals surface area contributed by atoms with E-state index in [1.54, 1.807) is 0 Å². The fourth-order valence-corrected chi connectivity index (χ4v) is 2.31. The number of benzene rings is 1. The molecule has 0 aromatic heterocycles. The number of hydrogen-bond acceptors (Lipinski definition) is 3. The fraction of sp³-hybridized carbons (Fsp3) is 0.455. The van der Waals surface area contributed by atoms with Gasteiger partial charge in [-0.05, 0) is 34.0 Å². The molecule has 0 aliphatic carbocycles. The Bertz CT molecular complexity index is 356. The Kier molecular flexibility index (Phi) is 3.29. The number of likely N-dealkylation sites (tertiary alicyclic amines) is 1. The highest BCUT2D eigenvalue weighted by Crippen LogP contribution is 2.25. The number of β-amino-alcohol motifs (C(OH)–C–C–N with tert-alkyl or cyclic N) is 1. The minimum absolute atomic E-state index is 0.162. The summed E-state index contributed by atoms with van der Waals surface area (Å²) >= 11 is 3.49. The van der Waals surface area contributed by atoms with Gasteiger partial charge < -0.3 is 10.8 Å². The SMILES string of the molecule is Nc1cccc(CN2CCC(O)C2)c1Br. The number of aliphatic hydroxyl groups is 1. The molecular weight excluding hydrogens is 256 g/mol. The second kappa shape index (κ2) is 4.51. The maximum Gasteiger partial charge on any atom is 0.0679 e. The Morgan fingerprint density at radius 1 is 1.53 bits per heavy atom. The van der Waals surface area contributed by atoms with Crippen LogP contribution >= 0.6 is 15.9 Å². The van der Waals surface area contributed by atoms with E-state index in [0.29, 0.717) is 0 Å². The standard InChI is InChI=1S/C11H15BrN2O/c12-11-8(2-1-3-10(11)13)6-14-5-4-9(15)7-14/h1-3,9,15H,4-7,13H2. The van der Waals surface area contributed by atoms with Gasteiger partial charge in [0.05, 0.1) is 6.10 Å². The Hall–Kier alpha value is -0.580. The zero-order chi connectivity index (χ0) is 10.8. The molecule has 1 aromatic carbocycles. The van der Waals surface area contributed by atoms with Crippen molar-refractivity contribution in [3.05, 3.63) is 28.2 Å². The molecule has 3 nitrogen and oxygen atoms in total. The van der Waals surface area contributed by atoms with E-state index in [2.05, 4.69) is 26.9 Å². The van der Waals surface area contributed by atoms with Gasteiger partial charge in [0.2, 0.25) is 0 Å². The molecule has 0 amide bonds. The summed E-state index contributed by atoms with van der Waals surface area (Å²) < 4.78 is 0.978. The lowest BCUT2D eigenvalue weighted by molar-refractivity contribution is 0.174. The Morgan fingerprint density at radius 2 is 2.33 bits per heavy atom. The van der Waals surface area contributed by atoms with E-state index in [4.69, 9.17) is 5.73 Å². The molecule has 0 spiro atoms. The molecule has 82 valence electrons. The number of halogens is 1. The van der Waals surface area contributed by atoms with Crippen molar-refractivity contribution in [3.63, 3.8) is 0 Å². The molecule has 2 rings (SSSR count). The van der Waals surface area contributed by atoms with Crippen LogP contribution in [0.4, 0.5) is 5.69 Å². The molecule has 0 radical (unpaired) electrons. The first-order valence-electron chi connectivity index (χ1n) is 5.10. The van der Waals surface area contributed by atoms with Crippen LogP contribution in [0.3, 0.4) is 0 Å². The number of hydrogen-bond donors (Lipinski definition) is 2. The van der Waals surface area contributed by atoms with E-state index < -0.39 is 0 Å². The topological polar surface area (TPSA) is 49.5 Å². The molecule has 1 fully saturated rings. The van der Waals surface area contributed by atoms with Gasteiger partial charge >= 0.3 is 0 Å². The van der Waals surface area contributed by atoms with Crippen molar-refractivity contribution in [3.8, 4) is 0 Å². The smallest absolute Gasteiger partial charge is 0.0679 e. The van der Waals surface area contributed by atoms with Crippen molar-refractivity contribution in [1.29, 1.82) is 0 Å². The Morgan fingerprint density at radius 3 is 3.00 bits per heavy atom. The molecule has 4 heteroatoms. The van der Waals surface area contributed by atoms with Crippen LogP contribution in [0, 0.1) is 0 Å². The summed E-state index contributed by atoms with van der Waals surface area (Å²) in [5, 5.41) is 9.42. The van der Waals surface area contributed by atoms with Crippen LogP contribution in [0.1, 0.15) is 12.0 Å². The van der Waals surface area contributed by atoms with Crippen molar-refractivity contribution in [2.75, 3.05) is 18.8 Å². The minimum atomic E-state index is -0.162. The van der Waals surface area contributed by atoms with E-state index in [0.717, 1.165) is 36.2 Å². The summed E-state index contributed by atoms with van der Waals surface area (Å²) in [4.78, 5) is 2.24. The first kappa shape index (κ1) is 10.9. The Labute approximate surface area is 98.0 Å². The Balaban J connectivity index is 2.07. The summed E-state index contributed by atoms with van der Waals surface area (Å²) in [6.45, 7) is 2.58. The fourth-order valence-electron chi connectivity index (χ4n) is 1.92. The first-order chi connectivity index (χ1) is 7.16. The van der Waals surface area contributed by atoms with Crippen molar-refractivity contribution in [1.82, 2.24) is 4.90 Å². The maximum atomic E-state index is 9.42. The van der Waals surface area contributed by atoms with Crippen LogP contribution in [-0.4, -0.2) is 29.2 Å². The molecule has 1 aromatic rings. The van der Waals surface area contributed by atoms with E-state index in [1.807, 2.05) is 12.1 Å². The highest BCUT2D eigenvalue weighted by Gasteiger charge is 2.20. The van der Waals surface area contributed by atoms with Crippen LogP contribution in [0.5, 0.6) is 0 Å². The lowest BCUT2D eigenvalue weighted by Crippen LogP contribution is -2.21. The number of anilines is 1. The molecule has 1 unspecified atom stereocenters. The zero-order valence-electron chi connectivity index (χ0n) is 8.49. The number of nitrogens with two attached hydrogens (primary N) is 1. The molecule has 0 bridgehead atoms. The van der Waals surface area contributed by atoms with Gasteiger partial charge in [0.25, 0.3) is 0 Å². The van der Waals surface area contributed by atoms with E-state index in [1.165, 1.54) is 5.56 Å². The largest absolute Gasteiger partial charge is 0.398 e. The molecule has 0 saturated carbocycles. The maximum absolute atomic E-state index is 9.42. The first-order valence-corrected chi connectivity index (χ1v) is 5.89.